The molecule has 8 heteroatoms. The van der Waals surface area contributed by atoms with Gasteiger partial charge in [-0.2, -0.15) is 0 Å². The standard InChI is InChI=1S/C18H21N3O3S2/c1-9(2)21-8-13-6-12(7-14(26(5)24)15(13)17(21)23)16-10(3)19-18(25-16)20-11(4)22/h6-7,9H,8H2,1-5H3,(H,19,20,22). The Hall–Kier alpha value is -1.90. The normalized spacial score (nSPS) is 14.7. The smallest absolute Gasteiger partial charge is 0.259 e. The van der Waals surface area contributed by atoms with E-state index in [2.05, 4.69) is 10.3 Å². The number of hydrogen-bond donors (Lipinski definition) is 1. The number of aromatic nitrogens is 1. The maximum Gasteiger partial charge on any atom is 0.259 e. The van der Waals surface area contributed by atoms with E-state index in [9.17, 15) is 14.1 Å². The van der Waals surface area contributed by atoms with Crippen molar-refractivity contribution < 1.29 is 14.1 Å². The van der Waals surface area contributed by atoms with Gasteiger partial charge in [-0.1, -0.05) is 11.3 Å². The summed E-state index contributed by atoms with van der Waals surface area (Å²) in [6, 6.07) is 3.87. The molecule has 0 saturated heterocycles. The van der Waals surface area contributed by atoms with Crippen molar-refractivity contribution in [2.24, 2.45) is 0 Å². The number of amides is 2. The van der Waals surface area contributed by atoms with Crippen molar-refractivity contribution in [3.05, 3.63) is 29.0 Å². The van der Waals surface area contributed by atoms with E-state index in [1.165, 1.54) is 18.3 Å². The zero-order valence-corrected chi connectivity index (χ0v) is 17.0. The number of carbonyl (C=O) groups excluding carboxylic acids is 2. The lowest BCUT2D eigenvalue weighted by Crippen LogP contribution is -2.31. The molecule has 26 heavy (non-hydrogen) atoms. The highest BCUT2D eigenvalue weighted by molar-refractivity contribution is 7.90. The number of fused-ring (bicyclic) bond motifs is 1. The topological polar surface area (TPSA) is 85.4 Å². The summed E-state index contributed by atoms with van der Waals surface area (Å²) in [6.07, 6.45) is 1.59. The van der Waals surface area contributed by atoms with Gasteiger partial charge in [0, 0.05) is 25.6 Å². The lowest BCUT2D eigenvalue weighted by molar-refractivity contribution is -0.114. The van der Waals surface area contributed by atoms with E-state index in [-0.39, 0.29) is 17.9 Å². The van der Waals surface area contributed by atoms with Gasteiger partial charge in [-0.05, 0) is 49.1 Å². The first kappa shape index (κ1) is 18.9. The first-order chi connectivity index (χ1) is 12.2. The molecule has 0 spiro atoms. The molecule has 1 aliphatic rings. The average Bonchev–Trinajstić information content (AvgIpc) is 3.06. The Labute approximate surface area is 159 Å². The van der Waals surface area contributed by atoms with E-state index in [4.69, 9.17) is 0 Å². The number of carbonyl (C=O) groups is 2. The third-order valence-corrected chi connectivity index (χ3v) is 6.34. The number of anilines is 1. The summed E-state index contributed by atoms with van der Waals surface area (Å²) in [5.74, 6) is -0.237. The van der Waals surface area contributed by atoms with Crippen LogP contribution >= 0.6 is 11.3 Å². The molecule has 0 fully saturated rings. The van der Waals surface area contributed by atoms with Crippen LogP contribution in [-0.4, -0.2) is 38.5 Å². The molecule has 1 unspecified atom stereocenters. The molecular weight excluding hydrogens is 370 g/mol. The minimum Gasteiger partial charge on any atom is -0.612 e. The molecule has 2 aromatic rings. The van der Waals surface area contributed by atoms with Crippen molar-refractivity contribution in [3.8, 4) is 10.4 Å². The molecular formula is C18H21N3O3S2. The highest BCUT2D eigenvalue weighted by atomic mass is 32.2. The van der Waals surface area contributed by atoms with Crippen LogP contribution in [0.2, 0.25) is 0 Å². The number of nitrogens with one attached hydrogen (secondary N) is 1. The van der Waals surface area contributed by atoms with Gasteiger partial charge < -0.3 is 14.8 Å². The maximum atomic E-state index is 12.7. The van der Waals surface area contributed by atoms with E-state index in [0.29, 0.717) is 22.1 Å². The maximum absolute atomic E-state index is 12.7. The summed E-state index contributed by atoms with van der Waals surface area (Å²) >= 11 is 0.0886. The summed E-state index contributed by atoms with van der Waals surface area (Å²) in [6.45, 7) is 7.77. The van der Waals surface area contributed by atoms with Crippen molar-refractivity contribution in [2.75, 3.05) is 11.6 Å². The molecule has 138 valence electrons. The minimum atomic E-state index is -1.29. The molecule has 6 nitrogen and oxygen atoms in total. The minimum absolute atomic E-state index is 0.0632. The fourth-order valence-corrected chi connectivity index (χ4v) is 4.88. The van der Waals surface area contributed by atoms with E-state index in [1.54, 1.807) is 11.2 Å². The first-order valence-corrected chi connectivity index (χ1v) is 10.6. The zero-order valence-electron chi connectivity index (χ0n) is 15.4. The van der Waals surface area contributed by atoms with Crippen molar-refractivity contribution in [1.82, 2.24) is 9.88 Å². The monoisotopic (exact) mass is 391 g/mol. The van der Waals surface area contributed by atoms with Gasteiger partial charge in [0.2, 0.25) is 5.91 Å². The van der Waals surface area contributed by atoms with Gasteiger partial charge in [-0.25, -0.2) is 4.98 Å². The van der Waals surface area contributed by atoms with Gasteiger partial charge in [0.15, 0.2) is 10.0 Å². The van der Waals surface area contributed by atoms with Crippen LogP contribution in [0.15, 0.2) is 17.0 Å². The molecule has 1 aromatic carbocycles. The molecule has 2 amide bonds. The van der Waals surface area contributed by atoms with Crippen LogP contribution in [0.5, 0.6) is 0 Å². The lowest BCUT2D eigenvalue weighted by Gasteiger charge is -2.19. The highest BCUT2D eigenvalue weighted by Gasteiger charge is 2.35. The summed E-state index contributed by atoms with van der Waals surface area (Å²) in [7, 11) is 0. The Morgan fingerprint density at radius 3 is 2.69 bits per heavy atom. The van der Waals surface area contributed by atoms with Crippen molar-refractivity contribution in [2.45, 2.75) is 45.2 Å². The Kier molecular flexibility index (Phi) is 5.09. The molecule has 3 rings (SSSR count). The summed E-state index contributed by atoms with van der Waals surface area (Å²) in [4.78, 5) is 31.6. The number of rotatable bonds is 4. The number of benzene rings is 1. The highest BCUT2D eigenvalue weighted by Crippen LogP contribution is 2.38. The van der Waals surface area contributed by atoms with Crippen LogP contribution in [0.25, 0.3) is 10.4 Å². The zero-order chi connectivity index (χ0) is 19.2. The predicted octanol–water partition coefficient (Wildman–Crippen LogP) is 3.18. The van der Waals surface area contributed by atoms with Crippen LogP contribution in [0.3, 0.4) is 0 Å². The van der Waals surface area contributed by atoms with E-state index in [1.807, 2.05) is 32.9 Å². The summed E-state index contributed by atoms with van der Waals surface area (Å²) in [5, 5.41) is 3.23. The van der Waals surface area contributed by atoms with Crippen molar-refractivity contribution >= 4 is 39.5 Å². The van der Waals surface area contributed by atoms with E-state index < -0.39 is 11.2 Å². The summed E-state index contributed by atoms with van der Waals surface area (Å²) in [5.41, 5.74) is 3.11. The lowest BCUT2D eigenvalue weighted by atomic mass is 10.0. The van der Waals surface area contributed by atoms with Gasteiger partial charge in [-0.3, -0.25) is 9.59 Å². The van der Waals surface area contributed by atoms with Gasteiger partial charge in [0.25, 0.3) is 5.91 Å². The molecule has 1 aliphatic heterocycles. The van der Waals surface area contributed by atoms with Crippen LogP contribution in [0.4, 0.5) is 5.13 Å². The summed E-state index contributed by atoms with van der Waals surface area (Å²) < 4.78 is 12.3. The Morgan fingerprint density at radius 1 is 1.42 bits per heavy atom. The van der Waals surface area contributed by atoms with Crippen LogP contribution in [0.1, 0.15) is 42.4 Å². The Bertz CT molecular complexity index is 890. The average molecular weight is 392 g/mol. The Balaban J connectivity index is 2.11. The van der Waals surface area contributed by atoms with Crippen molar-refractivity contribution in [3.63, 3.8) is 0 Å². The number of hydrogen-bond acceptors (Lipinski definition) is 5. The van der Waals surface area contributed by atoms with Crippen LogP contribution in [-0.2, 0) is 22.5 Å². The second-order valence-electron chi connectivity index (χ2n) is 6.60. The first-order valence-electron chi connectivity index (χ1n) is 8.25. The molecule has 0 radical (unpaired) electrons. The van der Waals surface area contributed by atoms with Crippen LogP contribution < -0.4 is 5.32 Å². The fraction of sp³-hybridized carbons (Fsp3) is 0.389. The van der Waals surface area contributed by atoms with Crippen LogP contribution in [0, 0.1) is 6.92 Å². The molecule has 2 heterocycles. The molecule has 0 saturated carbocycles. The molecule has 0 bridgehead atoms. The second-order valence-corrected chi connectivity index (χ2v) is 8.95. The predicted molar refractivity (Wildman–Crippen MR) is 104 cm³/mol. The van der Waals surface area contributed by atoms with Gasteiger partial charge >= 0.3 is 0 Å². The third kappa shape index (κ3) is 3.36. The quantitative estimate of drug-likeness (QED) is 0.811. The molecule has 1 N–H and O–H groups in total. The SMILES string of the molecule is CC(=O)Nc1nc(C)c(-c2cc3c(c([S+](C)[O-])c2)C(=O)N(C(C)C)C3)s1. The largest absolute Gasteiger partial charge is 0.612 e. The van der Waals surface area contributed by atoms with E-state index in [0.717, 1.165) is 21.7 Å². The third-order valence-electron chi connectivity index (χ3n) is 4.27. The molecule has 0 aliphatic carbocycles. The molecule has 1 atom stereocenters. The van der Waals surface area contributed by atoms with E-state index >= 15 is 0 Å². The fourth-order valence-electron chi connectivity index (χ4n) is 3.08. The van der Waals surface area contributed by atoms with Crippen molar-refractivity contribution in [1.29, 1.82) is 0 Å². The van der Waals surface area contributed by atoms with Gasteiger partial charge in [0.1, 0.15) is 6.26 Å². The van der Waals surface area contributed by atoms with Gasteiger partial charge in [-0.15, -0.1) is 0 Å². The van der Waals surface area contributed by atoms with Gasteiger partial charge in [0.05, 0.1) is 16.1 Å². The Morgan fingerprint density at radius 2 is 2.12 bits per heavy atom. The number of aryl methyl sites for hydroxylation is 1. The second kappa shape index (κ2) is 7.02. The number of thiazole rings is 1. The number of nitrogens with zero attached hydrogens (tertiary/aromatic N) is 2. The molecule has 1 aromatic heterocycles.